The van der Waals surface area contributed by atoms with Crippen molar-refractivity contribution in [3.63, 3.8) is 0 Å². The second kappa shape index (κ2) is 51.8. The maximum Gasteiger partial charge on any atom is 0.341 e. The number of carbonyl (C=O) groups excluding carboxylic acids is 4. The van der Waals surface area contributed by atoms with Crippen LogP contribution in [0.2, 0.25) is 5.28 Å². The Morgan fingerprint density at radius 3 is 0.986 bits per heavy atom. The minimum atomic E-state index is -1.18. The molecule has 6 aliphatic heterocycles. The Labute approximate surface area is 866 Å². The average molecular weight is 2120 g/mol. The molecule has 3 unspecified atom stereocenters. The van der Waals surface area contributed by atoms with Crippen molar-refractivity contribution in [2.45, 2.75) is 314 Å². The third-order valence-electron chi connectivity index (χ3n) is 28.5. The van der Waals surface area contributed by atoms with Crippen molar-refractivity contribution in [3.8, 4) is 0 Å². The number of Topliss-reactive ketones (excluding diaryl/α,β-unsaturated/α-hetero) is 2. The topological polar surface area (TPSA) is 411 Å². The van der Waals surface area contributed by atoms with Crippen LogP contribution in [0, 0.1) is 23.3 Å². The molecule has 3 atom stereocenters. The predicted molar refractivity (Wildman–Crippen MR) is 542 cm³/mol. The first kappa shape index (κ1) is 117. The second-order valence-electron chi connectivity index (χ2n) is 41.6. The number of aliphatic hydroxyl groups is 1. The molecule has 5 N–H and O–H groups in total. The van der Waals surface area contributed by atoms with Crippen molar-refractivity contribution in [2.75, 3.05) is 105 Å². The molecular weight excluding hydrogens is 1970 g/mol. The van der Waals surface area contributed by atoms with E-state index in [4.69, 9.17) is 93.9 Å². The Bertz CT molecular complexity index is 5490. The van der Waals surface area contributed by atoms with Crippen LogP contribution in [0.25, 0.3) is 0 Å². The van der Waals surface area contributed by atoms with Gasteiger partial charge in [0.15, 0.2) is 40.5 Å². The lowest BCUT2D eigenvalue weighted by molar-refractivity contribution is -0.185. The number of esters is 2. The molecule has 0 radical (unpaired) electrons. The summed E-state index contributed by atoms with van der Waals surface area (Å²) < 4.78 is 172. The highest BCUT2D eigenvalue weighted by Gasteiger charge is 2.53. The highest BCUT2D eigenvalue weighted by Crippen LogP contribution is 2.53. The van der Waals surface area contributed by atoms with E-state index in [1.165, 1.54) is 67.5 Å². The molecule has 0 amide bonds. The largest absolute Gasteiger partial charge is 0.462 e. The number of rotatable bonds is 17. The number of benzene rings is 4. The second-order valence-corrected chi connectivity index (χ2v) is 47.9. The molecule has 6 saturated heterocycles. The third kappa shape index (κ3) is 32.3. The standard InChI is InChI=1S/C22H25FN2O4.C21H23FN2O4.C19H27FO3S.C14H18FNO2.C12H21NO3S.C8H12O3.C7H7ClN2O2.C4H11NOS/c1-2-27-20(26)16-14-24-19(25-15-16)13-21(17-4-3-5-18(23)12-17)6-8-22(9-7-21)28-10-11-29-22;22-17-3-1-2-16(10-17)20(4-6-21(7-5-20)27-8-9-28-21)11-19-23-12-15(13-24-19)18(26)14-25;1-17(2,3)24(21)14-18(15-5-4-6-16(20)13-15)7-9-19(10-8-18)22-11-12-23-19;15-12-3-1-2-11(10-12)13(16)4-6-14(7-5-13)17-8-9-18-14;1-11(2,3)17(14)13-10-4-6-12(7-5-10)15-8-9-16-12;9-7-1-3-8(4-2-7)10-5-6-11-8;1-2-12-6(11)5-3-9-7(8)10-4-5;1-4(2,3)7(5)6/h3-5,12,14-15H,2,6-11,13H2,1H3;1-3,10,12-13,25H,4-9,11,14H2;4-6,13H,7-12,14H2,1-3H3;1-3,10H,4-9,16H2;4-9H2,1-3H3;1-6H2;3-4H,2H2,1H3;5H2,1-3H3. The van der Waals surface area contributed by atoms with Gasteiger partial charge in [-0.3, -0.25) is 18.9 Å². The molecule has 39 heteroatoms. The number of nitrogens with two attached hydrogens (primary N) is 2. The van der Waals surface area contributed by atoms with E-state index in [9.17, 15) is 49.4 Å². The highest BCUT2D eigenvalue weighted by atomic mass is 35.5. The van der Waals surface area contributed by atoms with Crippen LogP contribution >= 0.6 is 11.6 Å². The number of hydrogen-bond donors (Lipinski definition) is 3. The van der Waals surface area contributed by atoms with Crippen LogP contribution in [0.4, 0.5) is 17.6 Å². The van der Waals surface area contributed by atoms with Gasteiger partial charge in [-0.05, 0) is 223 Å². The fraction of sp³-hybridized carbons (Fsp3) is 0.617. The van der Waals surface area contributed by atoms with Crippen LogP contribution in [0.15, 0.2) is 139 Å². The SMILES string of the molecule is CC(C)(C)S(=O)CC1(c2cccc(F)c2)CCC2(CC1)OCCO2.CC(C)(C)S(=O)N=C1CCC2(CC1)OCCO2.CC(C)(C)S(N)=O.CCOC(=O)c1cnc(CC2(c3cccc(F)c3)CCC3(CC2)OCCO3)nc1.CCOC(=O)c1cnc(Cl)nc1.NC1(c2cccc(F)c2)CCC2(CC1)OCCO2.O=C(CO)c1cnc(CC2(c3cccc(F)c3)CCC3(CC2)OCCO3)nc1.O=C1CCC2(CC1)OCCO2. The Balaban J connectivity index is 0.000000153. The van der Waals surface area contributed by atoms with Gasteiger partial charge < -0.3 is 77.2 Å². The van der Waals surface area contributed by atoms with Crippen LogP contribution in [0.5, 0.6) is 0 Å². The number of aliphatic hydroxyl groups excluding tert-OH is 1. The fourth-order valence-corrected chi connectivity index (χ4v) is 21.8. The van der Waals surface area contributed by atoms with Gasteiger partial charge in [-0.25, -0.2) is 65.5 Å². The monoisotopic (exact) mass is 2110 g/mol. The molecule has 12 fully saturated rings. The normalized spacial score (nSPS) is 23.8. The van der Waals surface area contributed by atoms with Crippen molar-refractivity contribution in [2.24, 2.45) is 15.3 Å². The van der Waals surface area contributed by atoms with Gasteiger partial charge in [-0.2, -0.15) is 4.40 Å². The molecule has 6 saturated carbocycles. The average Bonchev–Trinajstić information content (AvgIpc) is 0.969. The van der Waals surface area contributed by atoms with E-state index in [1.54, 1.807) is 56.3 Å². The summed E-state index contributed by atoms with van der Waals surface area (Å²) in [5.41, 5.74) is 10.7. The first-order chi connectivity index (χ1) is 69.4. The van der Waals surface area contributed by atoms with Gasteiger partial charge in [0.05, 0.1) is 130 Å². The summed E-state index contributed by atoms with van der Waals surface area (Å²) >= 11 is 5.42. The molecular formula is C107H144ClF4N9O22S3. The lowest BCUT2D eigenvalue weighted by atomic mass is 9.65. The molecule has 6 spiro atoms. The Kier molecular flexibility index (Phi) is 41.4. The van der Waals surface area contributed by atoms with E-state index >= 15 is 0 Å². The molecule has 12 aliphatic rings. The van der Waals surface area contributed by atoms with Crippen LogP contribution in [0.1, 0.15) is 295 Å². The molecule has 146 heavy (non-hydrogen) atoms. The number of carbonyl (C=O) groups is 4. The van der Waals surface area contributed by atoms with Crippen LogP contribution in [0.3, 0.4) is 0 Å². The van der Waals surface area contributed by atoms with Gasteiger partial charge in [-0.15, -0.1) is 0 Å². The molecule has 19 rings (SSSR count). The number of ketones is 2. The quantitative estimate of drug-likeness (QED) is 0.0330. The van der Waals surface area contributed by atoms with Gasteiger partial charge >= 0.3 is 11.9 Å². The fourth-order valence-electron chi connectivity index (χ4n) is 19.6. The smallest absolute Gasteiger partial charge is 0.341 e. The van der Waals surface area contributed by atoms with E-state index in [1.807, 2.05) is 86.6 Å². The minimum absolute atomic E-state index is 0.114. The van der Waals surface area contributed by atoms with E-state index in [2.05, 4.69) is 34.3 Å². The molecule has 3 aromatic heterocycles. The van der Waals surface area contributed by atoms with Crippen molar-refractivity contribution < 1.29 is 121 Å². The molecule has 9 heterocycles. The lowest BCUT2D eigenvalue weighted by Crippen LogP contribution is -2.47. The van der Waals surface area contributed by atoms with Crippen molar-refractivity contribution >= 4 is 73.6 Å². The van der Waals surface area contributed by atoms with Crippen molar-refractivity contribution in [1.29, 1.82) is 0 Å². The van der Waals surface area contributed by atoms with Gasteiger partial charge in [0.1, 0.15) is 58.3 Å². The number of ether oxygens (including phenoxy) is 14. The lowest BCUT2D eigenvalue weighted by Gasteiger charge is -2.44. The van der Waals surface area contributed by atoms with E-state index < -0.39 is 85.8 Å². The van der Waals surface area contributed by atoms with Gasteiger partial charge in [-0.1, -0.05) is 48.5 Å². The summed E-state index contributed by atoms with van der Waals surface area (Å²) in [6.45, 7) is 28.7. The first-order valence-corrected chi connectivity index (χ1v) is 54.5. The molecule has 4 aromatic carbocycles. The van der Waals surface area contributed by atoms with E-state index in [0.717, 1.165) is 169 Å². The predicted octanol–water partition coefficient (Wildman–Crippen LogP) is 17.2. The molecule has 0 bridgehead atoms. The molecule has 31 nitrogen and oxygen atoms in total. The highest BCUT2D eigenvalue weighted by molar-refractivity contribution is 7.86. The van der Waals surface area contributed by atoms with E-state index in [0.29, 0.717) is 152 Å². The summed E-state index contributed by atoms with van der Waals surface area (Å²) in [5, 5.41) is 14.1. The summed E-state index contributed by atoms with van der Waals surface area (Å²) in [4.78, 5) is 70.0. The van der Waals surface area contributed by atoms with Crippen LogP contribution in [-0.4, -0.2) is 231 Å². The molecule has 6 aliphatic carbocycles. The van der Waals surface area contributed by atoms with Gasteiger partial charge in [0, 0.05) is 189 Å². The minimum Gasteiger partial charge on any atom is -0.462 e. The van der Waals surface area contributed by atoms with Crippen molar-refractivity contribution in [1.82, 2.24) is 29.9 Å². The number of hydrogen-bond acceptors (Lipinski definition) is 29. The van der Waals surface area contributed by atoms with Crippen LogP contribution in [-0.2, 0) is 139 Å². The maximum absolute atomic E-state index is 14.0. The summed E-state index contributed by atoms with van der Waals surface area (Å²) in [7, 11) is -3.32. The molecule has 7 aromatic rings. The first-order valence-electron chi connectivity index (χ1n) is 50.5. The zero-order valence-corrected chi connectivity index (χ0v) is 89.0. The zero-order chi connectivity index (χ0) is 105. The summed E-state index contributed by atoms with van der Waals surface area (Å²) in [6.07, 6.45) is 27.9. The maximum atomic E-state index is 14.0. The zero-order valence-electron chi connectivity index (χ0n) is 85.8. The summed E-state index contributed by atoms with van der Waals surface area (Å²) in [5.74, 6) is -2.82. The number of aromatic nitrogens is 6. The Morgan fingerprint density at radius 1 is 0.404 bits per heavy atom. The third-order valence-corrected chi connectivity index (χ3v) is 33.6. The Hall–Kier alpha value is -8.07. The van der Waals surface area contributed by atoms with Crippen LogP contribution < -0.4 is 10.9 Å². The summed E-state index contributed by atoms with van der Waals surface area (Å²) in [6, 6.07) is 26.8. The van der Waals surface area contributed by atoms with Crippen molar-refractivity contribution in [3.05, 3.63) is 213 Å². The van der Waals surface area contributed by atoms with Gasteiger partial charge in [0.2, 0.25) is 5.28 Å². The number of halogens is 5. The van der Waals surface area contributed by atoms with E-state index in [-0.39, 0.29) is 76.2 Å². The number of nitrogens with zero attached hydrogens (tertiary/aromatic N) is 7. The Morgan fingerprint density at radius 2 is 0.685 bits per heavy atom. The van der Waals surface area contributed by atoms with Gasteiger partial charge in [0.25, 0.3) is 0 Å². The molecule has 802 valence electrons.